The number of hydrogen-bond acceptors (Lipinski definition) is 3. The fourth-order valence-electron chi connectivity index (χ4n) is 1.60. The molecule has 4 heteroatoms. The van der Waals surface area contributed by atoms with Gasteiger partial charge in [-0.2, -0.15) is 0 Å². The Balaban J connectivity index is 1.88. The first kappa shape index (κ1) is 13.4. The maximum atomic E-state index is 11.7. The van der Waals surface area contributed by atoms with Gasteiger partial charge in [0.1, 0.15) is 0 Å². The zero-order chi connectivity index (χ0) is 13.7. The molecule has 0 unspecified atom stereocenters. The molecular weight excluding hydrogens is 262 g/mol. The van der Waals surface area contributed by atoms with Crippen LogP contribution in [0.25, 0.3) is 0 Å². The van der Waals surface area contributed by atoms with Gasteiger partial charge in [-0.25, -0.2) is 10.3 Å². The number of carbonyl (C=O) groups is 1. The van der Waals surface area contributed by atoms with E-state index in [9.17, 15) is 4.79 Å². The number of benzene rings is 2. The van der Waals surface area contributed by atoms with E-state index in [1.54, 1.807) is 24.3 Å². The molecule has 3 nitrogen and oxygen atoms in total. The fourth-order valence-corrected chi connectivity index (χ4v) is 1.73. The summed E-state index contributed by atoms with van der Waals surface area (Å²) in [5, 5.41) is 0.648. The Hall–Kier alpha value is -2.00. The Labute approximate surface area is 117 Å². The molecule has 2 aromatic rings. The van der Waals surface area contributed by atoms with Crippen LogP contribution in [0.5, 0.6) is 0 Å². The third-order valence-electron chi connectivity index (χ3n) is 2.68. The average Bonchev–Trinajstić information content (AvgIpc) is 2.40. The summed E-state index contributed by atoms with van der Waals surface area (Å²) in [6, 6.07) is 14.7. The first-order chi connectivity index (χ1) is 9.15. The van der Waals surface area contributed by atoms with Crippen molar-refractivity contribution in [1.29, 1.82) is 0 Å². The second-order valence-electron chi connectivity index (χ2n) is 4.19. The lowest BCUT2D eigenvalue weighted by molar-refractivity contribution is -0.139. The van der Waals surface area contributed by atoms with Crippen molar-refractivity contribution in [2.75, 3.05) is 5.48 Å². The van der Waals surface area contributed by atoms with Crippen LogP contribution in [-0.2, 0) is 16.1 Å². The Bertz CT molecular complexity index is 567. The van der Waals surface area contributed by atoms with Gasteiger partial charge in [-0.05, 0) is 36.2 Å². The first-order valence-corrected chi connectivity index (χ1v) is 6.29. The summed E-state index contributed by atoms with van der Waals surface area (Å²) in [5.41, 5.74) is 5.33. The van der Waals surface area contributed by atoms with Crippen molar-refractivity contribution in [2.45, 2.75) is 13.3 Å². The Morgan fingerprint density at radius 1 is 1.16 bits per heavy atom. The Morgan fingerprint density at radius 3 is 2.53 bits per heavy atom. The van der Waals surface area contributed by atoms with Gasteiger partial charge in [0.15, 0.2) is 0 Å². The van der Waals surface area contributed by atoms with Crippen molar-refractivity contribution in [3.05, 3.63) is 64.7 Å². The molecule has 0 heterocycles. The van der Waals surface area contributed by atoms with Crippen LogP contribution in [0.15, 0.2) is 48.5 Å². The van der Waals surface area contributed by atoms with Crippen LogP contribution in [0.1, 0.15) is 11.1 Å². The van der Waals surface area contributed by atoms with Gasteiger partial charge in [0.05, 0.1) is 12.1 Å². The van der Waals surface area contributed by atoms with Crippen molar-refractivity contribution in [3.63, 3.8) is 0 Å². The van der Waals surface area contributed by atoms with E-state index in [1.165, 1.54) is 0 Å². The molecule has 98 valence electrons. The highest BCUT2D eigenvalue weighted by molar-refractivity contribution is 6.30. The minimum atomic E-state index is -0.342. The lowest BCUT2D eigenvalue weighted by Crippen LogP contribution is -2.13. The molecule has 19 heavy (non-hydrogen) atoms. The number of halogens is 1. The van der Waals surface area contributed by atoms with E-state index >= 15 is 0 Å². The van der Waals surface area contributed by atoms with E-state index in [0.29, 0.717) is 5.02 Å². The monoisotopic (exact) mass is 275 g/mol. The van der Waals surface area contributed by atoms with Crippen LogP contribution in [0.4, 0.5) is 5.69 Å². The van der Waals surface area contributed by atoms with Crippen LogP contribution in [0.3, 0.4) is 0 Å². The molecule has 0 radical (unpaired) electrons. The second kappa shape index (κ2) is 6.25. The van der Waals surface area contributed by atoms with Crippen molar-refractivity contribution in [3.8, 4) is 0 Å². The summed E-state index contributed by atoms with van der Waals surface area (Å²) in [6.45, 7) is 1.94. The van der Waals surface area contributed by atoms with E-state index in [2.05, 4.69) is 5.48 Å². The largest absolute Gasteiger partial charge is 0.343 e. The molecule has 0 atom stereocenters. The fraction of sp³-hybridized carbons (Fsp3) is 0.133. The summed E-state index contributed by atoms with van der Waals surface area (Å²) >= 11 is 5.78. The Kier molecular flexibility index (Phi) is 4.42. The van der Waals surface area contributed by atoms with E-state index in [4.69, 9.17) is 16.4 Å². The molecule has 0 spiro atoms. The highest BCUT2D eigenvalue weighted by Gasteiger charge is 2.06. The summed E-state index contributed by atoms with van der Waals surface area (Å²) in [5.74, 6) is -0.342. The highest BCUT2D eigenvalue weighted by atomic mass is 35.5. The molecule has 0 saturated carbocycles. The van der Waals surface area contributed by atoms with Crippen LogP contribution in [-0.4, -0.2) is 5.97 Å². The quantitative estimate of drug-likeness (QED) is 0.864. The van der Waals surface area contributed by atoms with Crippen LogP contribution in [0.2, 0.25) is 5.02 Å². The molecule has 2 aromatic carbocycles. The second-order valence-corrected chi connectivity index (χ2v) is 4.63. The zero-order valence-electron chi connectivity index (χ0n) is 10.5. The number of rotatable bonds is 4. The molecule has 2 rings (SSSR count). The number of anilines is 1. The number of hydrogen-bond donors (Lipinski definition) is 1. The lowest BCUT2D eigenvalue weighted by atomic mass is 10.2. The van der Waals surface area contributed by atoms with Crippen molar-refractivity contribution >= 4 is 23.3 Å². The third-order valence-corrected chi connectivity index (χ3v) is 2.93. The molecule has 0 aromatic heterocycles. The minimum Gasteiger partial charge on any atom is -0.343 e. The summed E-state index contributed by atoms with van der Waals surface area (Å²) < 4.78 is 0. The molecule has 0 saturated heterocycles. The SMILES string of the molecule is Cc1ccccc1NOC(=O)Cc1ccc(Cl)cc1. The molecule has 0 aliphatic carbocycles. The van der Waals surface area contributed by atoms with Crippen molar-refractivity contribution in [1.82, 2.24) is 0 Å². The predicted octanol–water partition coefficient (Wildman–Crippen LogP) is 3.76. The van der Waals surface area contributed by atoms with Crippen LogP contribution < -0.4 is 5.48 Å². The third kappa shape index (κ3) is 4.00. The highest BCUT2D eigenvalue weighted by Crippen LogP contribution is 2.14. The lowest BCUT2D eigenvalue weighted by Gasteiger charge is -2.09. The first-order valence-electron chi connectivity index (χ1n) is 5.91. The Morgan fingerprint density at radius 2 is 1.84 bits per heavy atom. The number of nitrogens with one attached hydrogen (secondary N) is 1. The molecule has 0 aliphatic rings. The zero-order valence-corrected chi connectivity index (χ0v) is 11.3. The molecule has 1 N–H and O–H groups in total. The van der Waals surface area contributed by atoms with Gasteiger partial charge < -0.3 is 4.84 Å². The van der Waals surface area contributed by atoms with Crippen molar-refractivity contribution < 1.29 is 9.63 Å². The normalized spacial score (nSPS) is 10.0. The number of carbonyl (C=O) groups excluding carboxylic acids is 1. The maximum Gasteiger partial charge on any atom is 0.336 e. The predicted molar refractivity (Wildman–Crippen MR) is 76.0 cm³/mol. The molecule has 0 amide bonds. The molecular formula is C15H14ClNO2. The summed E-state index contributed by atoms with van der Waals surface area (Å²) in [4.78, 5) is 16.7. The summed E-state index contributed by atoms with van der Waals surface area (Å²) in [6.07, 6.45) is 0.204. The van der Waals surface area contributed by atoms with E-state index in [1.807, 2.05) is 31.2 Å². The molecule has 0 bridgehead atoms. The van der Waals surface area contributed by atoms with Crippen LogP contribution >= 0.6 is 11.6 Å². The van der Waals surface area contributed by atoms with Gasteiger partial charge in [0.25, 0.3) is 0 Å². The van der Waals surface area contributed by atoms with Crippen LogP contribution in [0, 0.1) is 6.92 Å². The maximum absolute atomic E-state index is 11.7. The minimum absolute atomic E-state index is 0.204. The molecule has 0 aliphatic heterocycles. The van der Waals surface area contributed by atoms with Gasteiger partial charge in [-0.15, -0.1) is 0 Å². The van der Waals surface area contributed by atoms with Gasteiger partial charge in [0, 0.05) is 5.02 Å². The van der Waals surface area contributed by atoms with E-state index < -0.39 is 0 Å². The smallest absolute Gasteiger partial charge is 0.336 e. The topological polar surface area (TPSA) is 38.3 Å². The van der Waals surface area contributed by atoms with Gasteiger partial charge in [-0.3, -0.25) is 0 Å². The number of aryl methyl sites for hydroxylation is 1. The standard InChI is InChI=1S/C15H14ClNO2/c1-11-4-2-3-5-14(11)17-19-15(18)10-12-6-8-13(16)9-7-12/h2-9,17H,10H2,1H3. The van der Waals surface area contributed by atoms with Gasteiger partial charge >= 0.3 is 5.97 Å². The van der Waals surface area contributed by atoms with E-state index in [-0.39, 0.29) is 12.4 Å². The summed E-state index contributed by atoms with van der Waals surface area (Å²) in [7, 11) is 0. The van der Waals surface area contributed by atoms with Gasteiger partial charge in [0.2, 0.25) is 0 Å². The number of para-hydroxylation sites is 1. The average molecular weight is 276 g/mol. The van der Waals surface area contributed by atoms with Gasteiger partial charge in [-0.1, -0.05) is 41.9 Å². The molecule has 0 fully saturated rings. The van der Waals surface area contributed by atoms with Crippen molar-refractivity contribution in [2.24, 2.45) is 0 Å². The van der Waals surface area contributed by atoms with E-state index in [0.717, 1.165) is 16.8 Å².